The number of benzene rings is 1. The van der Waals surface area contributed by atoms with E-state index >= 15 is 0 Å². The second-order valence-electron chi connectivity index (χ2n) is 6.30. The number of rotatable bonds is 3. The van der Waals surface area contributed by atoms with Gasteiger partial charge in [-0.1, -0.05) is 12.1 Å². The molecule has 1 aromatic carbocycles. The first-order valence-corrected chi connectivity index (χ1v) is 8.68. The minimum absolute atomic E-state index is 0.127. The van der Waals surface area contributed by atoms with Gasteiger partial charge in [-0.25, -0.2) is 9.78 Å². The van der Waals surface area contributed by atoms with Gasteiger partial charge in [-0.2, -0.15) is 13.2 Å². The summed E-state index contributed by atoms with van der Waals surface area (Å²) in [6, 6.07) is 9.56. The van der Waals surface area contributed by atoms with Crippen LogP contribution in [0.2, 0.25) is 0 Å². The van der Waals surface area contributed by atoms with Gasteiger partial charge < -0.3 is 9.72 Å². The lowest BCUT2D eigenvalue weighted by molar-refractivity contribution is -0.137. The fourth-order valence-electron chi connectivity index (χ4n) is 3.07. The molecule has 0 saturated carbocycles. The van der Waals surface area contributed by atoms with Crippen LogP contribution in [0.4, 0.5) is 13.2 Å². The number of aromatic nitrogens is 3. The number of carbonyl (C=O) groups is 1. The Morgan fingerprint density at radius 2 is 1.97 bits per heavy atom. The molecular weight excluding hydrogens is 387 g/mol. The van der Waals surface area contributed by atoms with Crippen LogP contribution in [-0.2, 0) is 10.9 Å². The Labute approximate surface area is 161 Å². The fourth-order valence-corrected chi connectivity index (χ4v) is 3.07. The van der Waals surface area contributed by atoms with Crippen molar-refractivity contribution in [3.63, 3.8) is 0 Å². The van der Waals surface area contributed by atoms with Crippen molar-refractivity contribution < 1.29 is 22.7 Å². The number of hydrogen-bond acceptors (Lipinski definition) is 4. The Kier molecular flexibility index (Phi) is 4.37. The molecule has 0 amide bonds. The van der Waals surface area contributed by atoms with Gasteiger partial charge in [-0.05, 0) is 48.4 Å². The van der Waals surface area contributed by atoms with Crippen molar-refractivity contribution in [3.05, 3.63) is 70.1 Å². The second kappa shape index (κ2) is 6.77. The number of aromatic amines is 1. The Hall–Kier alpha value is -3.62. The van der Waals surface area contributed by atoms with Crippen LogP contribution in [0.15, 0.2) is 53.5 Å². The lowest BCUT2D eigenvalue weighted by Gasteiger charge is -2.09. The molecule has 0 spiro atoms. The summed E-state index contributed by atoms with van der Waals surface area (Å²) in [7, 11) is 0. The molecule has 1 N–H and O–H groups in total. The smallest absolute Gasteiger partial charge is 0.416 e. The molecule has 148 valence electrons. The largest absolute Gasteiger partial charge is 0.462 e. The van der Waals surface area contributed by atoms with Crippen molar-refractivity contribution in [2.45, 2.75) is 13.1 Å². The van der Waals surface area contributed by atoms with Crippen LogP contribution in [0.25, 0.3) is 27.9 Å². The molecule has 0 fully saturated rings. The van der Waals surface area contributed by atoms with Crippen molar-refractivity contribution in [3.8, 4) is 11.1 Å². The van der Waals surface area contributed by atoms with Crippen LogP contribution in [0.3, 0.4) is 0 Å². The SMILES string of the molecule is CCOC(=O)c1cc2nc3ccc(-c4cccc(C(F)(F)F)c4)cn3c2[nH]c1=O. The van der Waals surface area contributed by atoms with Gasteiger partial charge in [0.15, 0.2) is 0 Å². The van der Waals surface area contributed by atoms with Crippen molar-refractivity contribution in [2.75, 3.05) is 6.61 Å². The number of fused-ring (bicyclic) bond motifs is 3. The number of imidazole rings is 1. The van der Waals surface area contributed by atoms with Crippen LogP contribution >= 0.6 is 0 Å². The average molecular weight is 401 g/mol. The predicted molar refractivity (Wildman–Crippen MR) is 99.7 cm³/mol. The van der Waals surface area contributed by atoms with Gasteiger partial charge in [-0.3, -0.25) is 9.20 Å². The number of nitrogens with zero attached hydrogens (tertiary/aromatic N) is 2. The van der Waals surface area contributed by atoms with Gasteiger partial charge in [0, 0.05) is 6.20 Å². The highest BCUT2D eigenvalue weighted by Crippen LogP contribution is 2.32. The summed E-state index contributed by atoms with van der Waals surface area (Å²) in [6.07, 6.45) is -2.86. The first-order valence-electron chi connectivity index (χ1n) is 8.68. The quantitative estimate of drug-likeness (QED) is 0.526. The fraction of sp³-hybridized carbons (Fsp3) is 0.150. The lowest BCUT2D eigenvalue weighted by Crippen LogP contribution is -2.19. The van der Waals surface area contributed by atoms with Gasteiger partial charge in [0.25, 0.3) is 5.56 Å². The maximum atomic E-state index is 13.0. The number of hydrogen-bond donors (Lipinski definition) is 1. The molecule has 0 aliphatic carbocycles. The summed E-state index contributed by atoms with van der Waals surface area (Å²) in [6.45, 7) is 1.76. The molecule has 6 nitrogen and oxygen atoms in total. The molecule has 3 heterocycles. The van der Waals surface area contributed by atoms with Gasteiger partial charge in [0.1, 0.15) is 22.4 Å². The first kappa shape index (κ1) is 18.7. The molecule has 0 bridgehead atoms. The molecule has 0 saturated heterocycles. The summed E-state index contributed by atoms with van der Waals surface area (Å²) in [5.41, 5.74) is 0.474. The molecule has 0 aliphatic rings. The van der Waals surface area contributed by atoms with Crippen LogP contribution in [-0.4, -0.2) is 26.9 Å². The Morgan fingerprint density at radius 1 is 1.17 bits per heavy atom. The Morgan fingerprint density at radius 3 is 2.69 bits per heavy atom. The first-order chi connectivity index (χ1) is 13.8. The molecule has 0 aliphatic heterocycles. The molecule has 3 aromatic heterocycles. The lowest BCUT2D eigenvalue weighted by atomic mass is 10.0. The van der Waals surface area contributed by atoms with E-state index in [2.05, 4.69) is 9.97 Å². The van der Waals surface area contributed by atoms with Crippen molar-refractivity contribution in [1.29, 1.82) is 0 Å². The second-order valence-corrected chi connectivity index (χ2v) is 6.30. The number of alkyl halides is 3. The van der Waals surface area contributed by atoms with E-state index in [1.807, 2.05) is 0 Å². The maximum absolute atomic E-state index is 13.0. The van der Waals surface area contributed by atoms with Gasteiger partial charge in [-0.15, -0.1) is 0 Å². The Bertz CT molecular complexity index is 1310. The third-order valence-electron chi connectivity index (χ3n) is 4.42. The van der Waals surface area contributed by atoms with Gasteiger partial charge >= 0.3 is 12.1 Å². The van der Waals surface area contributed by atoms with E-state index in [4.69, 9.17) is 4.74 Å². The summed E-state index contributed by atoms with van der Waals surface area (Å²) >= 11 is 0. The molecule has 0 unspecified atom stereocenters. The number of nitrogens with one attached hydrogen (secondary N) is 1. The molecular formula is C20H14F3N3O3. The van der Waals surface area contributed by atoms with E-state index in [0.29, 0.717) is 27.9 Å². The van der Waals surface area contributed by atoms with E-state index in [1.54, 1.807) is 35.7 Å². The summed E-state index contributed by atoms with van der Waals surface area (Å²) in [5.74, 6) is -0.752. The highest BCUT2D eigenvalue weighted by Gasteiger charge is 2.30. The van der Waals surface area contributed by atoms with E-state index in [-0.39, 0.29) is 12.2 Å². The van der Waals surface area contributed by atoms with E-state index in [9.17, 15) is 22.8 Å². The molecule has 4 rings (SSSR count). The topological polar surface area (TPSA) is 76.5 Å². The van der Waals surface area contributed by atoms with Gasteiger partial charge in [0.2, 0.25) is 0 Å². The van der Waals surface area contributed by atoms with Crippen LogP contribution in [0.5, 0.6) is 0 Å². The number of carbonyl (C=O) groups excluding carboxylic acids is 1. The van der Waals surface area contributed by atoms with Crippen LogP contribution in [0, 0.1) is 0 Å². The van der Waals surface area contributed by atoms with Crippen molar-refractivity contribution >= 4 is 22.8 Å². The molecule has 0 atom stereocenters. The van der Waals surface area contributed by atoms with Crippen LogP contribution < -0.4 is 5.56 Å². The number of esters is 1. The highest BCUT2D eigenvalue weighted by atomic mass is 19.4. The van der Waals surface area contributed by atoms with Crippen LogP contribution in [0.1, 0.15) is 22.8 Å². The summed E-state index contributed by atoms with van der Waals surface area (Å²) in [5, 5.41) is 0. The van der Waals surface area contributed by atoms with Gasteiger partial charge in [0.05, 0.1) is 12.2 Å². The molecule has 29 heavy (non-hydrogen) atoms. The molecule has 0 radical (unpaired) electrons. The summed E-state index contributed by atoms with van der Waals surface area (Å²) in [4.78, 5) is 31.1. The number of halogens is 3. The third kappa shape index (κ3) is 3.35. The van der Waals surface area contributed by atoms with E-state index in [0.717, 1.165) is 12.1 Å². The maximum Gasteiger partial charge on any atom is 0.416 e. The standard InChI is InChI=1S/C20H14F3N3O3/c1-2-29-19(28)14-9-15-17(25-18(14)27)26-10-12(6-7-16(26)24-15)11-4-3-5-13(8-11)20(21,22)23/h3-10H,2H2,1H3,(H,25,27). The minimum atomic E-state index is -4.45. The Balaban J connectivity index is 1.86. The normalized spacial score (nSPS) is 11.9. The van der Waals surface area contributed by atoms with Crippen molar-refractivity contribution in [1.82, 2.24) is 14.4 Å². The van der Waals surface area contributed by atoms with E-state index in [1.165, 1.54) is 12.1 Å². The monoisotopic (exact) mass is 401 g/mol. The number of H-pyrrole nitrogens is 1. The van der Waals surface area contributed by atoms with Crippen molar-refractivity contribution in [2.24, 2.45) is 0 Å². The highest BCUT2D eigenvalue weighted by molar-refractivity contribution is 5.93. The zero-order valence-electron chi connectivity index (χ0n) is 15.1. The number of pyridine rings is 2. The predicted octanol–water partition coefficient (Wildman–Crippen LogP) is 4.04. The minimum Gasteiger partial charge on any atom is -0.462 e. The molecule has 4 aromatic rings. The number of ether oxygens (including phenoxy) is 1. The van der Waals surface area contributed by atoms with E-state index < -0.39 is 23.3 Å². The average Bonchev–Trinajstić information content (AvgIpc) is 3.03. The summed E-state index contributed by atoms with van der Waals surface area (Å²) < 4.78 is 45.4. The zero-order valence-corrected chi connectivity index (χ0v) is 15.1. The third-order valence-corrected chi connectivity index (χ3v) is 4.42. The zero-order chi connectivity index (χ0) is 20.8. The molecule has 9 heteroatoms.